The molecule has 0 bridgehead atoms. The van der Waals surface area contributed by atoms with E-state index in [4.69, 9.17) is 51.1 Å². The van der Waals surface area contributed by atoms with Gasteiger partial charge in [-0.1, -0.05) is 70.7 Å². The highest BCUT2D eigenvalue weighted by Crippen LogP contribution is 2.53. The summed E-state index contributed by atoms with van der Waals surface area (Å²) in [6.07, 6.45) is 0. The molecule has 6 nitrogen and oxygen atoms in total. The molecule has 2 amide bonds. The van der Waals surface area contributed by atoms with Crippen molar-refractivity contribution in [3.63, 3.8) is 0 Å². The highest BCUT2D eigenvalue weighted by molar-refractivity contribution is 6.38. The lowest BCUT2D eigenvalue weighted by molar-refractivity contribution is -0.145. The van der Waals surface area contributed by atoms with E-state index in [9.17, 15) is 14.4 Å². The summed E-state index contributed by atoms with van der Waals surface area (Å²) in [6.45, 7) is 0. The minimum absolute atomic E-state index is 0.128. The third-order valence-electron chi connectivity index (χ3n) is 6.73. The van der Waals surface area contributed by atoms with Crippen LogP contribution in [0, 0.1) is 11.8 Å². The van der Waals surface area contributed by atoms with Gasteiger partial charge in [0, 0.05) is 15.1 Å². The quantitative estimate of drug-likeness (QED) is 0.335. The third-order valence-corrected chi connectivity index (χ3v) is 7.73. The van der Waals surface area contributed by atoms with Crippen molar-refractivity contribution in [2.24, 2.45) is 11.8 Å². The highest BCUT2D eigenvalue weighted by Gasteiger charge is 2.68. The molecule has 5 rings (SSSR count). The van der Waals surface area contributed by atoms with Crippen molar-refractivity contribution in [2.75, 3.05) is 12.0 Å². The predicted octanol–water partition coefficient (Wildman–Crippen LogP) is 5.49. The van der Waals surface area contributed by atoms with Crippen LogP contribution in [0.3, 0.4) is 0 Å². The molecule has 184 valence electrons. The van der Waals surface area contributed by atoms with Gasteiger partial charge in [-0.3, -0.25) is 19.7 Å². The van der Waals surface area contributed by atoms with Gasteiger partial charge in [0.15, 0.2) is 0 Å². The summed E-state index contributed by atoms with van der Waals surface area (Å²) < 4.78 is 5.04. The van der Waals surface area contributed by atoms with Crippen molar-refractivity contribution in [3.05, 3.63) is 97.9 Å². The fraction of sp³-hybridized carbons (Fsp3) is 0.192. The maximum Gasteiger partial charge on any atom is 0.323 e. The maximum atomic E-state index is 14.2. The molecule has 2 heterocycles. The number of carbonyl (C=O) groups is 3. The van der Waals surface area contributed by atoms with Crippen LogP contribution in [0.5, 0.6) is 0 Å². The summed E-state index contributed by atoms with van der Waals surface area (Å²) in [4.78, 5) is 42.1. The smallest absolute Gasteiger partial charge is 0.323 e. The number of hydrogen-bond donors (Lipinski definition) is 1. The number of benzene rings is 3. The molecule has 3 atom stereocenters. The van der Waals surface area contributed by atoms with E-state index in [-0.39, 0.29) is 10.7 Å². The van der Waals surface area contributed by atoms with Crippen LogP contribution >= 0.6 is 46.4 Å². The van der Waals surface area contributed by atoms with Gasteiger partial charge < -0.3 is 4.74 Å². The Labute approximate surface area is 227 Å². The van der Waals surface area contributed by atoms with E-state index >= 15 is 0 Å². The van der Waals surface area contributed by atoms with E-state index in [0.717, 1.165) is 4.90 Å². The van der Waals surface area contributed by atoms with Crippen LogP contribution in [0.4, 0.5) is 5.69 Å². The summed E-state index contributed by atoms with van der Waals surface area (Å²) >= 11 is 25.2. The van der Waals surface area contributed by atoms with Crippen LogP contribution in [-0.4, -0.2) is 30.9 Å². The molecule has 10 heteroatoms. The van der Waals surface area contributed by atoms with Crippen molar-refractivity contribution >= 4 is 69.9 Å². The first-order valence-corrected chi connectivity index (χ1v) is 12.4. The van der Waals surface area contributed by atoms with Gasteiger partial charge in [-0.15, -0.1) is 0 Å². The molecule has 3 aromatic rings. The predicted molar refractivity (Wildman–Crippen MR) is 139 cm³/mol. The highest BCUT2D eigenvalue weighted by atomic mass is 35.5. The minimum Gasteiger partial charge on any atom is -0.468 e. The molecule has 0 aliphatic carbocycles. The zero-order chi connectivity index (χ0) is 25.8. The molecule has 3 aromatic carbocycles. The number of nitrogens with zero attached hydrogens (tertiary/aromatic N) is 1. The van der Waals surface area contributed by atoms with Crippen LogP contribution in [0.2, 0.25) is 20.1 Å². The molecule has 2 saturated heterocycles. The van der Waals surface area contributed by atoms with E-state index in [0.29, 0.717) is 26.2 Å². The van der Waals surface area contributed by atoms with Crippen LogP contribution in [-0.2, 0) is 24.7 Å². The van der Waals surface area contributed by atoms with Crippen molar-refractivity contribution in [1.82, 2.24) is 5.32 Å². The Morgan fingerprint density at radius 2 is 1.44 bits per heavy atom. The molecule has 0 aromatic heterocycles. The second-order valence-corrected chi connectivity index (χ2v) is 10.3. The summed E-state index contributed by atoms with van der Waals surface area (Å²) in [7, 11) is 1.23. The van der Waals surface area contributed by atoms with E-state index in [1.54, 1.807) is 48.5 Å². The van der Waals surface area contributed by atoms with E-state index in [2.05, 4.69) is 5.32 Å². The number of imide groups is 1. The molecule has 2 fully saturated rings. The van der Waals surface area contributed by atoms with Crippen LogP contribution in [0.1, 0.15) is 11.1 Å². The number of ether oxygens (including phenoxy) is 1. The number of methoxy groups -OCH3 is 1. The summed E-state index contributed by atoms with van der Waals surface area (Å²) in [5.41, 5.74) is 0.0209. The number of rotatable bonds is 4. The molecule has 2 aliphatic heterocycles. The van der Waals surface area contributed by atoms with Gasteiger partial charge in [0.25, 0.3) is 0 Å². The van der Waals surface area contributed by atoms with Gasteiger partial charge in [0.05, 0.1) is 35.2 Å². The largest absolute Gasteiger partial charge is 0.468 e. The number of anilines is 1. The third kappa shape index (κ3) is 3.80. The lowest BCUT2D eigenvalue weighted by atomic mass is 9.71. The van der Waals surface area contributed by atoms with Gasteiger partial charge in [-0.25, -0.2) is 4.90 Å². The Balaban J connectivity index is 1.79. The van der Waals surface area contributed by atoms with Gasteiger partial charge in [0.1, 0.15) is 6.04 Å². The van der Waals surface area contributed by atoms with Gasteiger partial charge in [0.2, 0.25) is 11.8 Å². The summed E-state index contributed by atoms with van der Waals surface area (Å²) in [6, 6.07) is 17.2. The molecule has 0 saturated carbocycles. The topological polar surface area (TPSA) is 75.7 Å². The van der Waals surface area contributed by atoms with Crippen LogP contribution < -0.4 is 10.2 Å². The van der Waals surface area contributed by atoms with E-state index in [1.165, 1.54) is 25.3 Å². The normalized spacial score (nSPS) is 22.6. The number of halogens is 4. The Morgan fingerprint density at radius 1 is 0.861 bits per heavy atom. The lowest BCUT2D eigenvalue weighted by Gasteiger charge is -2.36. The Morgan fingerprint density at radius 3 is 1.97 bits per heavy atom. The summed E-state index contributed by atoms with van der Waals surface area (Å²) in [5.74, 6) is -3.93. The fourth-order valence-electron chi connectivity index (χ4n) is 5.30. The number of carbonyl (C=O) groups excluding carboxylic acids is 3. The van der Waals surface area contributed by atoms with Crippen LogP contribution in [0.15, 0.2) is 66.7 Å². The van der Waals surface area contributed by atoms with Crippen molar-refractivity contribution in [1.29, 1.82) is 0 Å². The molecule has 0 unspecified atom stereocenters. The number of esters is 1. The molecule has 0 radical (unpaired) electrons. The van der Waals surface area contributed by atoms with Crippen molar-refractivity contribution in [3.8, 4) is 0 Å². The average Bonchev–Trinajstić information content (AvgIpc) is 3.34. The fourth-order valence-corrected chi connectivity index (χ4v) is 6.17. The van der Waals surface area contributed by atoms with E-state index in [1.807, 2.05) is 0 Å². The first-order chi connectivity index (χ1) is 17.2. The zero-order valence-corrected chi connectivity index (χ0v) is 21.7. The first kappa shape index (κ1) is 25.1. The Hall–Kier alpha value is -2.61. The van der Waals surface area contributed by atoms with Gasteiger partial charge in [-0.05, 0) is 53.6 Å². The van der Waals surface area contributed by atoms with Gasteiger partial charge in [-0.2, -0.15) is 0 Å². The number of nitrogens with one attached hydrogen (secondary N) is 1. The van der Waals surface area contributed by atoms with E-state index < -0.39 is 41.2 Å². The number of hydrogen-bond acceptors (Lipinski definition) is 5. The molecule has 0 spiro atoms. The lowest BCUT2D eigenvalue weighted by Crippen LogP contribution is -2.52. The molecular weight excluding hydrogens is 546 g/mol. The zero-order valence-electron chi connectivity index (χ0n) is 18.7. The molecular formula is C26H18Cl4N2O4. The average molecular weight is 564 g/mol. The van der Waals surface area contributed by atoms with Crippen molar-refractivity contribution in [2.45, 2.75) is 11.6 Å². The number of amides is 2. The second kappa shape index (κ2) is 9.36. The SMILES string of the molecule is COC(=O)[C@@H]1NC(c2cccc(Cl)c2)(c2cccc(Cl)c2)[C@H]2C(=O)N(c3ccc(Cl)cc3Cl)C(=O)[C@@H]12. The monoisotopic (exact) mass is 562 g/mol. The minimum atomic E-state index is -1.33. The second-order valence-electron chi connectivity index (χ2n) is 8.58. The Bertz CT molecular complexity index is 1370. The summed E-state index contributed by atoms with van der Waals surface area (Å²) in [5, 5.41) is 4.60. The van der Waals surface area contributed by atoms with Crippen LogP contribution in [0.25, 0.3) is 0 Å². The molecule has 36 heavy (non-hydrogen) atoms. The Kier molecular flexibility index (Phi) is 6.52. The number of fused-ring (bicyclic) bond motifs is 1. The van der Waals surface area contributed by atoms with Gasteiger partial charge >= 0.3 is 5.97 Å². The maximum absolute atomic E-state index is 14.2. The molecule has 1 N–H and O–H groups in total. The standard InChI is InChI=1S/C26H18Cl4N2O4/c1-36-25(35)22-20-21(24(34)32(23(20)33)19-9-8-17(29)12-18(19)30)26(31-22,13-4-2-6-15(27)10-13)14-5-3-7-16(28)11-14/h2-12,20-22,31H,1H3/t20-,21-,22-/m1/s1. The molecule has 2 aliphatic rings. The first-order valence-electron chi connectivity index (χ1n) is 10.9. The van der Waals surface area contributed by atoms with Crippen molar-refractivity contribution < 1.29 is 19.1 Å².